The third kappa shape index (κ3) is 3.26. The molecule has 1 aliphatic heterocycles. The van der Waals surface area contributed by atoms with Crippen molar-refractivity contribution in [3.63, 3.8) is 0 Å². The van der Waals surface area contributed by atoms with Crippen LogP contribution in [0.2, 0.25) is 0 Å². The maximum atomic E-state index is 12.0. The summed E-state index contributed by atoms with van der Waals surface area (Å²) in [7, 11) is -3.03. The number of hydrogen-bond donors (Lipinski definition) is 2. The Morgan fingerprint density at radius 1 is 1.42 bits per heavy atom. The highest BCUT2D eigenvalue weighted by Gasteiger charge is 2.27. The second kappa shape index (κ2) is 5.61. The van der Waals surface area contributed by atoms with Gasteiger partial charge in [-0.3, -0.25) is 4.79 Å². The summed E-state index contributed by atoms with van der Waals surface area (Å²) < 4.78 is 22.7. The van der Waals surface area contributed by atoms with Gasteiger partial charge in [-0.2, -0.15) is 0 Å². The Hall–Kier alpha value is -1.56. The lowest BCUT2D eigenvalue weighted by atomic mass is 10.0. The summed E-state index contributed by atoms with van der Waals surface area (Å²) in [6, 6.07) is 7.67. The van der Waals surface area contributed by atoms with E-state index in [4.69, 9.17) is 0 Å². The lowest BCUT2D eigenvalue weighted by Crippen LogP contribution is -2.34. The summed E-state index contributed by atoms with van der Waals surface area (Å²) >= 11 is 0. The molecule has 1 aliphatic rings. The molecule has 0 aromatic heterocycles. The molecular weight excluding hydrogens is 264 g/mol. The number of carbonyl (C=O) groups excluding carboxylic acids is 1. The zero-order valence-corrected chi connectivity index (χ0v) is 11.7. The maximum Gasteiger partial charge on any atom is 0.229 e. The van der Waals surface area contributed by atoms with E-state index in [-0.39, 0.29) is 29.9 Å². The normalized spacial score (nSPS) is 17.6. The van der Waals surface area contributed by atoms with E-state index < -0.39 is 9.84 Å². The molecule has 0 aliphatic carbocycles. The van der Waals surface area contributed by atoms with Crippen LogP contribution in [0.25, 0.3) is 0 Å². The molecule has 1 aromatic carbocycles. The van der Waals surface area contributed by atoms with Crippen LogP contribution in [-0.2, 0) is 14.6 Å². The van der Waals surface area contributed by atoms with Crippen LogP contribution >= 0.6 is 0 Å². The number of carbonyl (C=O) groups is 1. The van der Waals surface area contributed by atoms with Gasteiger partial charge in [0.25, 0.3) is 0 Å². The van der Waals surface area contributed by atoms with Crippen molar-refractivity contribution < 1.29 is 13.2 Å². The number of hydrogen-bond acceptors (Lipinski definition) is 4. The minimum atomic E-state index is -3.03. The van der Waals surface area contributed by atoms with Crippen LogP contribution < -0.4 is 10.6 Å². The van der Waals surface area contributed by atoms with Gasteiger partial charge in [-0.05, 0) is 11.6 Å². The van der Waals surface area contributed by atoms with Crippen LogP contribution in [0.1, 0.15) is 18.4 Å². The van der Waals surface area contributed by atoms with Gasteiger partial charge in [0.2, 0.25) is 5.91 Å². The summed E-state index contributed by atoms with van der Waals surface area (Å²) in [5, 5.41) is 5.87. The fourth-order valence-electron chi connectivity index (χ4n) is 2.12. The van der Waals surface area contributed by atoms with Crippen LogP contribution in [0.15, 0.2) is 24.3 Å². The Balaban J connectivity index is 1.92. The summed E-state index contributed by atoms with van der Waals surface area (Å²) in [6.45, 7) is 2.34. The Morgan fingerprint density at radius 3 is 2.89 bits per heavy atom. The van der Waals surface area contributed by atoms with E-state index in [1.807, 2.05) is 24.3 Å². The first-order valence-electron chi connectivity index (χ1n) is 6.34. The van der Waals surface area contributed by atoms with Crippen molar-refractivity contribution >= 4 is 21.4 Å². The Morgan fingerprint density at radius 2 is 2.16 bits per heavy atom. The first-order chi connectivity index (χ1) is 9.03. The number of para-hydroxylation sites is 1. The molecule has 1 unspecified atom stereocenters. The van der Waals surface area contributed by atoms with E-state index in [2.05, 4.69) is 10.6 Å². The number of anilines is 1. The van der Waals surface area contributed by atoms with Gasteiger partial charge in [-0.25, -0.2) is 8.42 Å². The number of rotatable bonds is 5. The van der Waals surface area contributed by atoms with E-state index in [1.54, 1.807) is 6.92 Å². The Kier molecular flexibility index (Phi) is 4.09. The number of amides is 1. The van der Waals surface area contributed by atoms with Gasteiger partial charge in [-0.15, -0.1) is 0 Å². The van der Waals surface area contributed by atoms with Crippen molar-refractivity contribution in [2.45, 2.75) is 12.8 Å². The van der Waals surface area contributed by atoms with Gasteiger partial charge in [0.1, 0.15) is 0 Å². The maximum absolute atomic E-state index is 12.0. The number of fused-ring (bicyclic) bond motifs is 1. The SMILES string of the molecule is CCS(=O)(=O)CCNC(=O)C1CNc2ccccc21. The highest BCUT2D eigenvalue weighted by molar-refractivity contribution is 7.91. The lowest BCUT2D eigenvalue weighted by Gasteiger charge is -2.11. The van der Waals surface area contributed by atoms with Gasteiger partial charge in [0.05, 0.1) is 11.7 Å². The highest BCUT2D eigenvalue weighted by Crippen LogP contribution is 2.30. The zero-order chi connectivity index (χ0) is 13.9. The van der Waals surface area contributed by atoms with E-state index >= 15 is 0 Å². The molecule has 1 aromatic rings. The molecule has 5 nitrogen and oxygen atoms in total. The molecule has 104 valence electrons. The van der Waals surface area contributed by atoms with Crippen molar-refractivity contribution in [3.05, 3.63) is 29.8 Å². The van der Waals surface area contributed by atoms with E-state index in [9.17, 15) is 13.2 Å². The molecule has 0 saturated carbocycles. The van der Waals surface area contributed by atoms with E-state index in [0.29, 0.717) is 6.54 Å². The Labute approximate surface area is 113 Å². The van der Waals surface area contributed by atoms with Crippen LogP contribution in [0.5, 0.6) is 0 Å². The number of nitrogens with one attached hydrogen (secondary N) is 2. The standard InChI is InChI=1S/C13H18N2O3S/c1-2-19(17,18)8-7-14-13(16)11-9-15-12-6-4-3-5-10(11)12/h3-6,11,15H,2,7-9H2,1H3,(H,14,16). The predicted octanol–water partition coefficient (Wildman–Crippen LogP) is 0.747. The average molecular weight is 282 g/mol. The van der Waals surface area contributed by atoms with Crippen LogP contribution in [0.4, 0.5) is 5.69 Å². The largest absolute Gasteiger partial charge is 0.384 e. The molecule has 0 bridgehead atoms. The van der Waals surface area contributed by atoms with Gasteiger partial charge in [-0.1, -0.05) is 25.1 Å². The first kappa shape index (κ1) is 13.9. The predicted molar refractivity (Wildman–Crippen MR) is 75.0 cm³/mol. The summed E-state index contributed by atoms with van der Waals surface area (Å²) in [4.78, 5) is 12.0. The second-order valence-corrected chi connectivity index (χ2v) is 7.02. The molecule has 0 spiro atoms. The summed E-state index contributed by atoms with van der Waals surface area (Å²) in [5.41, 5.74) is 1.95. The lowest BCUT2D eigenvalue weighted by molar-refractivity contribution is -0.122. The van der Waals surface area contributed by atoms with E-state index in [1.165, 1.54) is 0 Å². The van der Waals surface area contributed by atoms with Crippen molar-refractivity contribution in [3.8, 4) is 0 Å². The van der Waals surface area contributed by atoms with Gasteiger partial charge >= 0.3 is 0 Å². The van der Waals surface area contributed by atoms with Crippen molar-refractivity contribution in [2.75, 3.05) is 29.9 Å². The van der Waals surface area contributed by atoms with Crippen LogP contribution in [0.3, 0.4) is 0 Å². The molecule has 1 atom stereocenters. The second-order valence-electron chi connectivity index (χ2n) is 4.55. The van der Waals surface area contributed by atoms with Gasteiger partial charge in [0, 0.05) is 24.5 Å². The fourth-order valence-corrected chi connectivity index (χ4v) is 2.82. The molecule has 0 saturated heterocycles. The zero-order valence-electron chi connectivity index (χ0n) is 10.8. The molecule has 6 heteroatoms. The highest BCUT2D eigenvalue weighted by atomic mass is 32.2. The first-order valence-corrected chi connectivity index (χ1v) is 8.16. The number of sulfone groups is 1. The average Bonchev–Trinajstić information content (AvgIpc) is 2.82. The smallest absolute Gasteiger partial charge is 0.229 e. The van der Waals surface area contributed by atoms with Crippen molar-refractivity contribution in [1.29, 1.82) is 0 Å². The summed E-state index contributed by atoms with van der Waals surface area (Å²) in [5.74, 6) is -0.252. The molecule has 2 rings (SSSR count). The van der Waals surface area contributed by atoms with Crippen LogP contribution in [0, 0.1) is 0 Å². The van der Waals surface area contributed by atoms with Gasteiger partial charge in [0.15, 0.2) is 9.84 Å². The fraction of sp³-hybridized carbons (Fsp3) is 0.462. The number of benzene rings is 1. The Bertz CT molecular complexity index is 569. The van der Waals surface area contributed by atoms with Crippen LogP contribution in [-0.4, -0.2) is 38.9 Å². The minimum Gasteiger partial charge on any atom is -0.384 e. The molecule has 2 N–H and O–H groups in total. The van der Waals surface area contributed by atoms with Crippen molar-refractivity contribution in [2.24, 2.45) is 0 Å². The minimum absolute atomic E-state index is 0.00294. The molecule has 19 heavy (non-hydrogen) atoms. The molecule has 0 radical (unpaired) electrons. The van der Waals surface area contributed by atoms with Crippen molar-refractivity contribution in [1.82, 2.24) is 5.32 Å². The van der Waals surface area contributed by atoms with Gasteiger partial charge < -0.3 is 10.6 Å². The molecule has 1 amide bonds. The quantitative estimate of drug-likeness (QED) is 0.835. The van der Waals surface area contributed by atoms with E-state index in [0.717, 1.165) is 11.3 Å². The third-order valence-corrected chi connectivity index (χ3v) is 5.01. The third-order valence-electron chi connectivity index (χ3n) is 3.30. The molecule has 1 heterocycles. The monoisotopic (exact) mass is 282 g/mol. The molecule has 0 fully saturated rings. The summed E-state index contributed by atoms with van der Waals surface area (Å²) in [6.07, 6.45) is 0. The topological polar surface area (TPSA) is 75.3 Å². The molecular formula is C13H18N2O3S.